The molecule has 172 valence electrons. The first kappa shape index (κ1) is 23.4. The molecule has 31 heavy (non-hydrogen) atoms. The van der Waals surface area contributed by atoms with E-state index in [2.05, 4.69) is 15.6 Å². The lowest BCUT2D eigenvalue weighted by Gasteiger charge is -2.44. The SMILES string of the molecule is CC(C)(C)OC(=O)NC[C@H](C(=O)NCc1ccc(N)nc1)C1CCCC2CCCCC21. The maximum Gasteiger partial charge on any atom is 0.407 e. The van der Waals surface area contributed by atoms with Gasteiger partial charge in [-0.25, -0.2) is 9.78 Å². The van der Waals surface area contributed by atoms with Gasteiger partial charge in [-0.15, -0.1) is 0 Å². The molecule has 0 spiro atoms. The number of nitrogens with zero attached hydrogens (tertiary/aromatic N) is 1. The molecule has 2 saturated carbocycles. The fourth-order valence-corrected chi connectivity index (χ4v) is 5.29. The number of nitrogens with one attached hydrogen (secondary N) is 2. The van der Waals surface area contributed by atoms with Crippen LogP contribution in [0.1, 0.15) is 71.3 Å². The Morgan fingerprint density at radius 3 is 2.58 bits per heavy atom. The second-order valence-electron chi connectivity index (χ2n) is 10.1. The third-order valence-corrected chi connectivity index (χ3v) is 6.66. The van der Waals surface area contributed by atoms with Crippen molar-refractivity contribution >= 4 is 17.8 Å². The van der Waals surface area contributed by atoms with Crippen LogP contribution < -0.4 is 16.4 Å². The monoisotopic (exact) mass is 430 g/mol. The Morgan fingerprint density at radius 2 is 1.87 bits per heavy atom. The highest BCUT2D eigenvalue weighted by molar-refractivity contribution is 5.80. The molecule has 4 N–H and O–H groups in total. The number of aromatic nitrogens is 1. The van der Waals surface area contributed by atoms with E-state index in [9.17, 15) is 9.59 Å². The summed E-state index contributed by atoms with van der Waals surface area (Å²) in [7, 11) is 0. The smallest absolute Gasteiger partial charge is 0.407 e. The van der Waals surface area contributed by atoms with E-state index in [1.165, 1.54) is 32.1 Å². The second-order valence-corrected chi connectivity index (χ2v) is 10.1. The summed E-state index contributed by atoms with van der Waals surface area (Å²) >= 11 is 0. The van der Waals surface area contributed by atoms with Crippen LogP contribution in [0, 0.1) is 23.7 Å². The molecule has 7 heteroatoms. The molecule has 2 amide bonds. The molecular weight excluding hydrogens is 392 g/mol. The van der Waals surface area contributed by atoms with Gasteiger partial charge in [-0.3, -0.25) is 4.79 Å². The van der Waals surface area contributed by atoms with E-state index < -0.39 is 11.7 Å². The summed E-state index contributed by atoms with van der Waals surface area (Å²) in [6, 6.07) is 3.60. The van der Waals surface area contributed by atoms with Gasteiger partial charge in [-0.2, -0.15) is 0 Å². The van der Waals surface area contributed by atoms with Crippen molar-refractivity contribution in [3.8, 4) is 0 Å². The first-order valence-electron chi connectivity index (χ1n) is 11.7. The number of rotatable bonds is 6. The molecular formula is C24H38N4O3. The minimum atomic E-state index is -0.566. The standard InChI is InChI=1S/C24H38N4O3/c1-24(2,3)31-23(30)28-15-20(19-10-6-8-17-7-4-5-9-18(17)19)22(29)27-14-16-11-12-21(25)26-13-16/h11-13,17-20H,4-10,14-15H2,1-3H3,(H2,25,26)(H,27,29)(H,28,30)/t17?,18?,19?,20-/m0/s1. The van der Waals surface area contributed by atoms with Crippen LogP contribution >= 0.6 is 0 Å². The van der Waals surface area contributed by atoms with Gasteiger partial charge >= 0.3 is 6.09 Å². The Hall–Kier alpha value is -2.31. The van der Waals surface area contributed by atoms with Crippen LogP contribution in [0.2, 0.25) is 0 Å². The van der Waals surface area contributed by atoms with Crippen LogP contribution in [-0.4, -0.2) is 29.1 Å². The molecule has 4 atom stereocenters. The first-order valence-corrected chi connectivity index (χ1v) is 11.7. The number of pyridine rings is 1. The number of carbonyl (C=O) groups excluding carboxylic acids is 2. The zero-order valence-electron chi connectivity index (χ0n) is 19.2. The van der Waals surface area contributed by atoms with Crippen molar-refractivity contribution in [1.29, 1.82) is 0 Å². The van der Waals surface area contributed by atoms with Crippen LogP contribution in [0.5, 0.6) is 0 Å². The zero-order chi connectivity index (χ0) is 22.4. The lowest BCUT2D eigenvalue weighted by Crippen LogP contribution is -2.47. The Labute approximate surface area is 185 Å². The van der Waals surface area contributed by atoms with Gasteiger partial charge in [0, 0.05) is 19.3 Å². The van der Waals surface area contributed by atoms with Gasteiger partial charge in [0.15, 0.2) is 0 Å². The van der Waals surface area contributed by atoms with Gasteiger partial charge in [0.2, 0.25) is 5.91 Å². The van der Waals surface area contributed by atoms with Crippen LogP contribution in [-0.2, 0) is 16.1 Å². The summed E-state index contributed by atoms with van der Waals surface area (Å²) in [4.78, 5) is 29.7. The number of nitrogens with two attached hydrogens (primary N) is 1. The van der Waals surface area contributed by atoms with Gasteiger partial charge < -0.3 is 21.1 Å². The maximum absolute atomic E-state index is 13.3. The minimum Gasteiger partial charge on any atom is -0.444 e. The summed E-state index contributed by atoms with van der Waals surface area (Å²) in [6.07, 6.45) is 9.67. The highest BCUT2D eigenvalue weighted by atomic mass is 16.6. The Morgan fingerprint density at radius 1 is 1.13 bits per heavy atom. The minimum absolute atomic E-state index is 0.0101. The quantitative estimate of drug-likeness (QED) is 0.632. The number of fused-ring (bicyclic) bond motifs is 1. The van der Waals surface area contributed by atoms with Crippen molar-refractivity contribution in [3.63, 3.8) is 0 Å². The predicted octanol–water partition coefficient (Wildman–Crippen LogP) is 4.03. The summed E-state index contributed by atoms with van der Waals surface area (Å²) in [5.41, 5.74) is 5.99. The molecule has 1 aromatic rings. The summed E-state index contributed by atoms with van der Waals surface area (Å²) in [5.74, 6) is 1.75. The average molecular weight is 431 g/mol. The molecule has 3 unspecified atom stereocenters. The number of hydrogen-bond acceptors (Lipinski definition) is 5. The van der Waals surface area contributed by atoms with Gasteiger partial charge in [0.05, 0.1) is 5.92 Å². The Bertz CT molecular complexity index is 742. The highest BCUT2D eigenvalue weighted by Crippen LogP contribution is 2.46. The number of hydrogen-bond donors (Lipinski definition) is 3. The number of anilines is 1. The van der Waals surface area contributed by atoms with E-state index in [1.54, 1.807) is 12.3 Å². The van der Waals surface area contributed by atoms with Crippen molar-refractivity contribution < 1.29 is 14.3 Å². The van der Waals surface area contributed by atoms with Crippen molar-refractivity contribution in [2.75, 3.05) is 12.3 Å². The number of amides is 2. The number of alkyl carbamates (subject to hydrolysis) is 1. The number of carbonyl (C=O) groups is 2. The van der Waals surface area contributed by atoms with Gasteiger partial charge in [0.1, 0.15) is 11.4 Å². The summed E-state index contributed by atoms with van der Waals surface area (Å²) in [5, 5.41) is 5.94. The first-order chi connectivity index (χ1) is 14.7. The third kappa shape index (κ3) is 6.84. The van der Waals surface area contributed by atoms with Crippen molar-refractivity contribution in [2.45, 2.75) is 77.9 Å². The van der Waals surface area contributed by atoms with Crippen LogP contribution in [0.4, 0.5) is 10.6 Å². The average Bonchev–Trinajstić information content (AvgIpc) is 2.72. The third-order valence-electron chi connectivity index (χ3n) is 6.66. The number of nitrogen functional groups attached to an aromatic ring is 1. The van der Waals surface area contributed by atoms with E-state index in [1.807, 2.05) is 26.8 Å². The molecule has 1 heterocycles. The van der Waals surface area contributed by atoms with E-state index in [0.29, 0.717) is 36.7 Å². The highest BCUT2D eigenvalue weighted by Gasteiger charge is 2.41. The van der Waals surface area contributed by atoms with E-state index >= 15 is 0 Å². The second kappa shape index (κ2) is 10.3. The molecule has 3 rings (SSSR count). The Balaban J connectivity index is 1.68. The van der Waals surface area contributed by atoms with Crippen LogP contribution in [0.25, 0.3) is 0 Å². The van der Waals surface area contributed by atoms with E-state index in [0.717, 1.165) is 18.4 Å². The fraction of sp³-hybridized carbons (Fsp3) is 0.708. The lowest BCUT2D eigenvalue weighted by atomic mass is 9.62. The largest absolute Gasteiger partial charge is 0.444 e. The Kier molecular flexibility index (Phi) is 7.79. The van der Waals surface area contributed by atoms with Gasteiger partial charge in [-0.05, 0) is 63.0 Å². The van der Waals surface area contributed by atoms with Crippen LogP contribution in [0.3, 0.4) is 0 Å². The molecule has 0 aliphatic heterocycles. The van der Waals surface area contributed by atoms with Crippen molar-refractivity contribution in [1.82, 2.24) is 15.6 Å². The molecule has 0 radical (unpaired) electrons. The molecule has 2 aliphatic carbocycles. The molecule has 0 bridgehead atoms. The maximum atomic E-state index is 13.3. The molecule has 2 fully saturated rings. The molecule has 0 aromatic carbocycles. The fourth-order valence-electron chi connectivity index (χ4n) is 5.29. The van der Waals surface area contributed by atoms with E-state index in [-0.39, 0.29) is 11.8 Å². The lowest BCUT2D eigenvalue weighted by molar-refractivity contribution is -0.128. The molecule has 1 aromatic heterocycles. The van der Waals surface area contributed by atoms with Crippen molar-refractivity contribution in [2.24, 2.45) is 23.7 Å². The summed E-state index contributed by atoms with van der Waals surface area (Å²) < 4.78 is 5.40. The molecule has 0 saturated heterocycles. The molecule has 2 aliphatic rings. The topological polar surface area (TPSA) is 106 Å². The predicted molar refractivity (Wildman–Crippen MR) is 121 cm³/mol. The van der Waals surface area contributed by atoms with E-state index in [4.69, 9.17) is 10.5 Å². The van der Waals surface area contributed by atoms with Gasteiger partial charge in [-0.1, -0.05) is 38.2 Å². The van der Waals surface area contributed by atoms with Crippen molar-refractivity contribution in [3.05, 3.63) is 23.9 Å². The van der Waals surface area contributed by atoms with Crippen LogP contribution in [0.15, 0.2) is 18.3 Å². The summed E-state index contributed by atoms with van der Waals surface area (Å²) in [6.45, 7) is 6.21. The molecule has 7 nitrogen and oxygen atoms in total. The van der Waals surface area contributed by atoms with Gasteiger partial charge in [0.25, 0.3) is 0 Å². The normalized spacial score (nSPS) is 24.5. The number of ether oxygens (including phenoxy) is 1. The zero-order valence-corrected chi connectivity index (χ0v) is 19.2.